The van der Waals surface area contributed by atoms with E-state index < -0.39 is 41.8 Å². The molecule has 9 heteroatoms. The third-order valence-electron chi connectivity index (χ3n) is 4.98. The number of halogens is 3. The van der Waals surface area contributed by atoms with Gasteiger partial charge in [0, 0.05) is 6.54 Å². The van der Waals surface area contributed by atoms with Gasteiger partial charge in [0.05, 0.1) is 16.8 Å². The van der Waals surface area contributed by atoms with Crippen molar-refractivity contribution in [3.63, 3.8) is 0 Å². The minimum absolute atomic E-state index is 0.0484. The zero-order valence-electron chi connectivity index (χ0n) is 18.4. The van der Waals surface area contributed by atoms with Crippen LogP contribution < -0.4 is 5.32 Å². The van der Waals surface area contributed by atoms with Crippen molar-refractivity contribution in [2.24, 2.45) is 0 Å². The fourth-order valence-electron chi connectivity index (χ4n) is 2.67. The van der Waals surface area contributed by atoms with Crippen molar-refractivity contribution in [3.05, 3.63) is 40.9 Å². The molecule has 0 unspecified atom stereocenters. The van der Waals surface area contributed by atoms with Gasteiger partial charge in [-0.05, 0) is 71.6 Å². The minimum atomic E-state index is -4.41. The van der Waals surface area contributed by atoms with E-state index in [1.165, 1.54) is 12.1 Å². The highest BCUT2D eigenvalue weighted by molar-refractivity contribution is 6.56. The maximum absolute atomic E-state index is 12.8. The number of rotatable bonds is 4. The standard InChI is InChI=1S/C21H29BF3NO4/c1-18(2,3)28-17(27)26-13-16(22-29-19(4,5)20(6,7)30-22)12-14-8-10-15(11-9-14)21(23,24)25/h8-12H,13H2,1-7H3,(H,26,27). The Morgan fingerprint density at radius 3 is 2.00 bits per heavy atom. The highest BCUT2D eigenvalue weighted by Gasteiger charge is 2.52. The zero-order chi connectivity index (χ0) is 23.0. The van der Waals surface area contributed by atoms with Crippen LogP contribution in [0.25, 0.3) is 6.08 Å². The maximum atomic E-state index is 12.8. The maximum Gasteiger partial charge on any atom is 0.492 e. The Labute approximate surface area is 176 Å². The fourth-order valence-corrected chi connectivity index (χ4v) is 2.67. The smallest absolute Gasteiger partial charge is 0.444 e. The van der Waals surface area contributed by atoms with E-state index in [4.69, 9.17) is 14.0 Å². The second-order valence-corrected chi connectivity index (χ2v) is 9.28. The molecule has 5 nitrogen and oxygen atoms in total. The average molecular weight is 427 g/mol. The largest absolute Gasteiger partial charge is 0.492 e. The predicted molar refractivity (Wildman–Crippen MR) is 110 cm³/mol. The molecule has 166 valence electrons. The summed E-state index contributed by atoms with van der Waals surface area (Å²) in [6.07, 6.45) is -3.37. The Balaban J connectivity index is 2.27. The van der Waals surface area contributed by atoms with Crippen molar-refractivity contribution in [3.8, 4) is 0 Å². The second-order valence-electron chi connectivity index (χ2n) is 9.28. The number of ether oxygens (including phenoxy) is 1. The molecule has 1 aliphatic heterocycles. The second kappa shape index (κ2) is 8.27. The molecule has 1 N–H and O–H groups in total. The number of benzene rings is 1. The SMILES string of the molecule is CC(C)(C)OC(=O)NCC(=Cc1ccc(C(F)(F)F)cc1)B1OC(C)(C)C(C)(C)O1. The third kappa shape index (κ3) is 6.25. The first-order valence-electron chi connectivity index (χ1n) is 9.70. The number of nitrogens with one attached hydrogen (secondary N) is 1. The normalized spacial score (nSPS) is 19.0. The van der Waals surface area contributed by atoms with Crippen LogP contribution in [-0.2, 0) is 20.2 Å². The lowest BCUT2D eigenvalue weighted by molar-refractivity contribution is -0.137. The molecule has 0 saturated carbocycles. The van der Waals surface area contributed by atoms with E-state index in [0.717, 1.165) is 12.1 Å². The molecule has 30 heavy (non-hydrogen) atoms. The summed E-state index contributed by atoms with van der Waals surface area (Å²) in [7, 11) is -0.771. The third-order valence-corrected chi connectivity index (χ3v) is 4.98. The zero-order valence-corrected chi connectivity index (χ0v) is 18.4. The number of amides is 1. The van der Waals surface area contributed by atoms with E-state index in [2.05, 4.69) is 5.32 Å². The van der Waals surface area contributed by atoms with Gasteiger partial charge in [-0.15, -0.1) is 0 Å². The summed E-state index contributed by atoms with van der Waals surface area (Å²) in [6, 6.07) is 4.74. The molecule has 0 aromatic heterocycles. The summed E-state index contributed by atoms with van der Waals surface area (Å²) >= 11 is 0. The van der Waals surface area contributed by atoms with Crippen molar-refractivity contribution in [1.82, 2.24) is 5.32 Å². The summed E-state index contributed by atoms with van der Waals surface area (Å²) < 4.78 is 55.8. The molecule has 0 radical (unpaired) electrons. The summed E-state index contributed by atoms with van der Waals surface area (Å²) in [5.74, 6) is 0. The Bertz CT molecular complexity index is 780. The lowest BCUT2D eigenvalue weighted by atomic mass is 9.77. The van der Waals surface area contributed by atoms with Crippen LogP contribution in [0.4, 0.5) is 18.0 Å². The van der Waals surface area contributed by atoms with Gasteiger partial charge in [-0.3, -0.25) is 0 Å². The molecule has 1 saturated heterocycles. The predicted octanol–water partition coefficient (Wildman–Crippen LogP) is 5.24. The first-order chi connectivity index (χ1) is 13.5. The van der Waals surface area contributed by atoms with Crippen LogP contribution in [0, 0.1) is 0 Å². The van der Waals surface area contributed by atoms with Gasteiger partial charge in [0.15, 0.2) is 0 Å². The van der Waals surface area contributed by atoms with E-state index in [1.807, 2.05) is 27.7 Å². The van der Waals surface area contributed by atoms with Gasteiger partial charge in [0.2, 0.25) is 0 Å². The van der Waals surface area contributed by atoms with Crippen molar-refractivity contribution < 1.29 is 32.0 Å². The molecule has 0 spiro atoms. The van der Waals surface area contributed by atoms with Crippen LogP contribution in [0.15, 0.2) is 29.7 Å². The summed E-state index contributed by atoms with van der Waals surface area (Å²) in [5, 5.41) is 2.66. The van der Waals surface area contributed by atoms with Gasteiger partial charge in [0.25, 0.3) is 0 Å². The number of carbonyl (C=O) groups is 1. The number of carbonyl (C=O) groups excluding carboxylic acids is 1. The van der Waals surface area contributed by atoms with Crippen LogP contribution in [0.1, 0.15) is 59.6 Å². The van der Waals surface area contributed by atoms with E-state index in [1.54, 1.807) is 26.8 Å². The van der Waals surface area contributed by atoms with Gasteiger partial charge in [-0.25, -0.2) is 4.79 Å². The molecule has 0 bridgehead atoms. The molecule has 1 amide bonds. The summed E-state index contributed by atoms with van der Waals surface area (Å²) in [6.45, 7) is 12.9. The number of alkyl halides is 3. The Hall–Kier alpha value is -2.00. The van der Waals surface area contributed by atoms with Gasteiger partial charge < -0.3 is 19.4 Å². The van der Waals surface area contributed by atoms with Gasteiger partial charge in [-0.1, -0.05) is 18.2 Å². The Morgan fingerprint density at radius 1 is 1.07 bits per heavy atom. The van der Waals surface area contributed by atoms with Crippen molar-refractivity contribution >= 4 is 19.3 Å². The monoisotopic (exact) mass is 427 g/mol. The molecule has 1 fully saturated rings. The highest BCUT2D eigenvalue weighted by Crippen LogP contribution is 2.39. The summed E-state index contributed by atoms with van der Waals surface area (Å²) in [4.78, 5) is 12.1. The van der Waals surface area contributed by atoms with E-state index >= 15 is 0 Å². The Morgan fingerprint density at radius 2 is 1.57 bits per heavy atom. The average Bonchev–Trinajstić information content (AvgIpc) is 2.77. The minimum Gasteiger partial charge on any atom is -0.444 e. The number of hydrogen-bond acceptors (Lipinski definition) is 4. The lowest BCUT2D eigenvalue weighted by Gasteiger charge is -2.32. The molecule has 0 atom stereocenters. The van der Waals surface area contributed by atoms with Crippen LogP contribution in [0.2, 0.25) is 0 Å². The summed E-state index contributed by atoms with van der Waals surface area (Å²) in [5.41, 5.74) is -1.53. The lowest BCUT2D eigenvalue weighted by Crippen LogP contribution is -2.41. The Kier molecular flexibility index (Phi) is 6.69. The molecule has 1 heterocycles. The first-order valence-corrected chi connectivity index (χ1v) is 9.70. The van der Waals surface area contributed by atoms with Crippen LogP contribution in [0.5, 0.6) is 0 Å². The molecular formula is C21H29BF3NO4. The molecule has 2 rings (SSSR count). The van der Waals surface area contributed by atoms with Crippen LogP contribution in [0.3, 0.4) is 0 Å². The molecule has 1 aliphatic rings. The molecule has 1 aromatic carbocycles. The molecule has 0 aliphatic carbocycles. The van der Waals surface area contributed by atoms with E-state index in [0.29, 0.717) is 11.0 Å². The van der Waals surface area contributed by atoms with Crippen LogP contribution in [-0.4, -0.2) is 36.6 Å². The van der Waals surface area contributed by atoms with Crippen molar-refractivity contribution in [1.29, 1.82) is 0 Å². The topological polar surface area (TPSA) is 56.8 Å². The number of hydrogen-bond donors (Lipinski definition) is 1. The van der Waals surface area contributed by atoms with Crippen molar-refractivity contribution in [2.45, 2.75) is 71.4 Å². The van der Waals surface area contributed by atoms with Gasteiger partial charge in [-0.2, -0.15) is 13.2 Å². The molecule has 1 aromatic rings. The number of alkyl carbamates (subject to hydrolysis) is 1. The first kappa shape index (κ1) is 24.3. The highest BCUT2D eigenvalue weighted by atomic mass is 19.4. The molecular weight excluding hydrogens is 398 g/mol. The van der Waals surface area contributed by atoms with Gasteiger partial charge >= 0.3 is 19.4 Å². The quantitative estimate of drug-likeness (QED) is 0.668. The van der Waals surface area contributed by atoms with Gasteiger partial charge in [0.1, 0.15) is 5.60 Å². The van der Waals surface area contributed by atoms with E-state index in [9.17, 15) is 18.0 Å². The van der Waals surface area contributed by atoms with Crippen LogP contribution >= 0.6 is 0 Å². The van der Waals surface area contributed by atoms with Crippen molar-refractivity contribution in [2.75, 3.05) is 6.54 Å². The fraction of sp³-hybridized carbons (Fsp3) is 0.571. The van der Waals surface area contributed by atoms with E-state index in [-0.39, 0.29) is 6.54 Å².